The fourth-order valence-corrected chi connectivity index (χ4v) is 2.91. The van der Waals surface area contributed by atoms with Crippen molar-refractivity contribution >= 4 is 5.97 Å². The van der Waals surface area contributed by atoms with Crippen molar-refractivity contribution in [1.82, 2.24) is 4.98 Å². The fourth-order valence-electron chi connectivity index (χ4n) is 2.91. The van der Waals surface area contributed by atoms with Gasteiger partial charge in [-0.1, -0.05) is 13.8 Å². The van der Waals surface area contributed by atoms with Gasteiger partial charge >= 0.3 is 5.97 Å². The normalized spacial score (nSPS) is 13.5. The molecular formula is C19H25N2O2+. The summed E-state index contributed by atoms with van der Waals surface area (Å²) in [5.74, 6) is 0.229. The maximum atomic E-state index is 10.6. The summed E-state index contributed by atoms with van der Waals surface area (Å²) < 4.78 is 1.92. The molecule has 2 unspecified atom stereocenters. The predicted molar refractivity (Wildman–Crippen MR) is 89.2 cm³/mol. The van der Waals surface area contributed by atoms with Gasteiger partial charge in [-0.05, 0) is 47.9 Å². The highest BCUT2D eigenvalue weighted by molar-refractivity contribution is 5.66. The predicted octanol–water partition coefficient (Wildman–Crippen LogP) is 3.53. The highest BCUT2D eigenvalue weighted by Gasteiger charge is 2.16. The molecule has 0 spiro atoms. The Morgan fingerprint density at radius 1 is 1.17 bits per heavy atom. The van der Waals surface area contributed by atoms with Crippen molar-refractivity contribution in [2.45, 2.75) is 51.5 Å². The van der Waals surface area contributed by atoms with Crippen molar-refractivity contribution in [3.05, 3.63) is 60.2 Å². The molecule has 2 heterocycles. The van der Waals surface area contributed by atoms with E-state index in [-0.39, 0.29) is 6.42 Å². The minimum absolute atomic E-state index is 0.152. The third-order valence-electron chi connectivity index (χ3n) is 4.38. The maximum Gasteiger partial charge on any atom is 0.309 e. The Hall–Kier alpha value is -2.23. The van der Waals surface area contributed by atoms with Crippen LogP contribution in [-0.4, -0.2) is 16.1 Å². The second kappa shape index (κ2) is 8.42. The van der Waals surface area contributed by atoms with E-state index in [4.69, 9.17) is 5.11 Å². The second-order valence-electron chi connectivity index (χ2n) is 6.04. The van der Waals surface area contributed by atoms with Gasteiger partial charge in [0.05, 0.1) is 0 Å². The van der Waals surface area contributed by atoms with E-state index in [1.54, 1.807) is 0 Å². The molecule has 0 bridgehead atoms. The van der Waals surface area contributed by atoms with Crippen LogP contribution in [0.3, 0.4) is 0 Å². The summed E-state index contributed by atoms with van der Waals surface area (Å²) in [5.41, 5.74) is 2.64. The Morgan fingerprint density at radius 2 is 1.83 bits per heavy atom. The Balaban J connectivity index is 1.99. The largest absolute Gasteiger partial charge is 0.481 e. The average molecular weight is 313 g/mol. The molecule has 2 aromatic rings. The Morgan fingerprint density at radius 3 is 2.39 bits per heavy atom. The molecule has 0 saturated heterocycles. The number of hydrogen-bond donors (Lipinski definition) is 1. The smallest absolute Gasteiger partial charge is 0.309 e. The van der Waals surface area contributed by atoms with E-state index >= 15 is 0 Å². The van der Waals surface area contributed by atoms with E-state index in [1.807, 2.05) is 29.4 Å². The van der Waals surface area contributed by atoms with Crippen LogP contribution in [0.15, 0.2) is 49.1 Å². The zero-order valence-corrected chi connectivity index (χ0v) is 13.9. The van der Waals surface area contributed by atoms with Crippen molar-refractivity contribution in [3.8, 4) is 0 Å². The van der Waals surface area contributed by atoms with Crippen LogP contribution in [0.1, 0.15) is 56.1 Å². The van der Waals surface area contributed by atoms with Crippen molar-refractivity contribution in [1.29, 1.82) is 0 Å². The van der Waals surface area contributed by atoms with Crippen molar-refractivity contribution < 1.29 is 14.5 Å². The summed E-state index contributed by atoms with van der Waals surface area (Å²) in [7, 11) is 0. The van der Waals surface area contributed by atoms with Crippen molar-refractivity contribution in [2.75, 3.05) is 0 Å². The molecule has 0 aliphatic carbocycles. The number of carboxylic acids is 1. The molecule has 2 atom stereocenters. The lowest BCUT2D eigenvalue weighted by atomic mass is 9.85. The lowest BCUT2D eigenvalue weighted by molar-refractivity contribution is -0.696. The molecule has 4 heteroatoms. The van der Waals surface area contributed by atoms with Gasteiger partial charge in [0.2, 0.25) is 0 Å². The molecule has 122 valence electrons. The lowest BCUT2D eigenvalue weighted by Crippen LogP contribution is -2.33. The van der Waals surface area contributed by atoms with Gasteiger partial charge in [0.15, 0.2) is 18.9 Å². The number of rotatable bonds is 8. The van der Waals surface area contributed by atoms with Gasteiger partial charge in [0.1, 0.15) is 6.42 Å². The SMILES string of the molecule is CCC(CC(C)c1cc[n+](CCC(=O)O)cc1)c1ccncc1. The molecule has 1 N–H and O–H groups in total. The molecule has 2 rings (SSSR count). The van der Waals surface area contributed by atoms with Crippen LogP contribution in [0.4, 0.5) is 0 Å². The molecule has 0 aromatic carbocycles. The number of carboxylic acid groups (broad SMARTS) is 1. The zero-order valence-electron chi connectivity index (χ0n) is 13.9. The van der Waals surface area contributed by atoms with Crippen LogP contribution in [-0.2, 0) is 11.3 Å². The van der Waals surface area contributed by atoms with Crippen LogP contribution >= 0.6 is 0 Å². The van der Waals surface area contributed by atoms with Crippen LogP contribution in [0.2, 0.25) is 0 Å². The first-order valence-electron chi connectivity index (χ1n) is 8.20. The molecule has 0 aliphatic heterocycles. The molecule has 23 heavy (non-hydrogen) atoms. The minimum Gasteiger partial charge on any atom is -0.481 e. The highest BCUT2D eigenvalue weighted by atomic mass is 16.4. The number of pyridine rings is 2. The van der Waals surface area contributed by atoms with E-state index in [9.17, 15) is 4.79 Å². The van der Waals surface area contributed by atoms with Crippen LogP contribution in [0, 0.1) is 0 Å². The fraction of sp³-hybridized carbons (Fsp3) is 0.421. The van der Waals surface area contributed by atoms with E-state index in [2.05, 4.69) is 43.1 Å². The van der Waals surface area contributed by atoms with Gasteiger partial charge in [-0.15, -0.1) is 0 Å². The maximum absolute atomic E-state index is 10.6. The number of aryl methyl sites for hydroxylation is 1. The molecule has 0 fully saturated rings. The molecule has 4 nitrogen and oxygen atoms in total. The molecule has 2 aromatic heterocycles. The number of carbonyl (C=O) groups is 1. The van der Waals surface area contributed by atoms with E-state index < -0.39 is 5.97 Å². The first-order chi connectivity index (χ1) is 11.1. The van der Waals surface area contributed by atoms with E-state index in [0.717, 1.165) is 12.8 Å². The van der Waals surface area contributed by atoms with Gasteiger partial charge in [-0.2, -0.15) is 0 Å². The quantitative estimate of drug-likeness (QED) is 0.759. The average Bonchev–Trinajstić information content (AvgIpc) is 2.58. The van der Waals surface area contributed by atoms with Gasteiger partial charge in [-0.25, -0.2) is 4.57 Å². The van der Waals surface area contributed by atoms with Crippen LogP contribution < -0.4 is 4.57 Å². The summed E-state index contributed by atoms with van der Waals surface area (Å²) in [6, 6.07) is 8.41. The minimum atomic E-state index is -0.766. The molecule has 0 saturated carbocycles. The molecular weight excluding hydrogens is 288 g/mol. The van der Waals surface area contributed by atoms with E-state index in [0.29, 0.717) is 18.4 Å². The van der Waals surface area contributed by atoms with Crippen LogP contribution in [0.25, 0.3) is 0 Å². The Kier molecular flexibility index (Phi) is 6.27. The number of hydrogen-bond acceptors (Lipinski definition) is 2. The van der Waals surface area contributed by atoms with Crippen molar-refractivity contribution in [2.24, 2.45) is 0 Å². The summed E-state index contributed by atoms with van der Waals surface area (Å²) in [6.45, 7) is 4.99. The Bertz CT molecular complexity index is 611. The first kappa shape index (κ1) is 17.1. The number of aromatic nitrogens is 2. The summed E-state index contributed by atoms with van der Waals surface area (Å²) in [4.78, 5) is 14.7. The Labute approximate surface area is 137 Å². The summed E-state index contributed by atoms with van der Waals surface area (Å²) >= 11 is 0. The second-order valence-corrected chi connectivity index (χ2v) is 6.04. The summed E-state index contributed by atoms with van der Waals surface area (Å²) in [5, 5.41) is 8.73. The number of nitrogens with zero attached hydrogens (tertiary/aromatic N) is 2. The lowest BCUT2D eigenvalue weighted by Gasteiger charge is -2.20. The molecule has 0 radical (unpaired) electrons. The standard InChI is InChI=1S/C19H24N2O2/c1-3-16(18-4-9-20-10-5-18)14-15(2)17-6-11-21(12-7-17)13-8-19(22)23/h4-7,9-12,15-16H,3,8,13-14H2,1-2H3/p+1. The van der Waals surface area contributed by atoms with Gasteiger partial charge in [0.25, 0.3) is 0 Å². The van der Waals surface area contributed by atoms with Gasteiger partial charge < -0.3 is 5.11 Å². The zero-order chi connectivity index (χ0) is 16.7. The molecule has 0 amide bonds. The van der Waals surface area contributed by atoms with Gasteiger partial charge in [-0.3, -0.25) is 9.78 Å². The highest BCUT2D eigenvalue weighted by Crippen LogP contribution is 2.31. The van der Waals surface area contributed by atoms with Gasteiger partial charge in [0, 0.05) is 24.5 Å². The summed E-state index contributed by atoms with van der Waals surface area (Å²) in [6.07, 6.45) is 10.0. The first-order valence-corrected chi connectivity index (χ1v) is 8.20. The van der Waals surface area contributed by atoms with Crippen LogP contribution in [0.5, 0.6) is 0 Å². The topological polar surface area (TPSA) is 54.1 Å². The van der Waals surface area contributed by atoms with Crippen molar-refractivity contribution in [3.63, 3.8) is 0 Å². The molecule has 0 aliphatic rings. The third-order valence-corrected chi connectivity index (χ3v) is 4.38. The monoisotopic (exact) mass is 313 g/mol. The van der Waals surface area contributed by atoms with E-state index in [1.165, 1.54) is 11.1 Å². The third kappa shape index (κ3) is 5.16. The number of aliphatic carboxylic acids is 1.